The number of rotatable bonds is 6. The van der Waals surface area contributed by atoms with Crippen LogP contribution in [0.3, 0.4) is 0 Å². The van der Waals surface area contributed by atoms with Crippen LogP contribution in [0, 0.1) is 0 Å². The molecule has 1 aliphatic carbocycles. The normalized spacial score (nSPS) is 19.1. The molecule has 1 fully saturated rings. The number of nitrogens with one attached hydrogen (secondary N) is 1. The van der Waals surface area contributed by atoms with Crippen LogP contribution in [0.4, 0.5) is 0 Å². The molecule has 21 heavy (non-hydrogen) atoms. The van der Waals surface area contributed by atoms with Crippen LogP contribution in [-0.4, -0.2) is 22.5 Å². The molecule has 0 aliphatic heterocycles. The highest BCUT2D eigenvalue weighted by molar-refractivity contribution is 5.93. The SMILES string of the molecule is CCCC(C)(NC(=O)C1(c2ccccc2)CCC1)C(=O)O. The lowest BCUT2D eigenvalue weighted by molar-refractivity contribution is -0.149. The number of amides is 1. The Labute approximate surface area is 125 Å². The van der Waals surface area contributed by atoms with Crippen LogP contribution in [0.25, 0.3) is 0 Å². The molecule has 0 radical (unpaired) electrons. The fraction of sp³-hybridized carbons (Fsp3) is 0.529. The Bertz CT molecular complexity index is 522. The van der Waals surface area contributed by atoms with Gasteiger partial charge in [-0.1, -0.05) is 50.1 Å². The highest BCUT2D eigenvalue weighted by atomic mass is 16.4. The summed E-state index contributed by atoms with van der Waals surface area (Å²) in [5, 5.41) is 12.2. The van der Waals surface area contributed by atoms with Gasteiger partial charge in [0.2, 0.25) is 5.91 Å². The van der Waals surface area contributed by atoms with Gasteiger partial charge in [0.05, 0.1) is 5.41 Å². The largest absolute Gasteiger partial charge is 0.480 e. The molecular formula is C17H23NO3. The summed E-state index contributed by atoms with van der Waals surface area (Å²) in [4.78, 5) is 24.3. The molecule has 0 bridgehead atoms. The van der Waals surface area contributed by atoms with Crippen LogP contribution in [0.15, 0.2) is 30.3 Å². The minimum atomic E-state index is -1.19. The second kappa shape index (κ2) is 5.88. The van der Waals surface area contributed by atoms with Crippen LogP contribution in [0.1, 0.15) is 51.5 Å². The Morgan fingerprint density at radius 2 is 1.90 bits per heavy atom. The number of carbonyl (C=O) groups excluding carboxylic acids is 1. The molecule has 0 spiro atoms. The molecule has 0 saturated heterocycles. The molecule has 4 nitrogen and oxygen atoms in total. The Morgan fingerprint density at radius 3 is 2.33 bits per heavy atom. The van der Waals surface area contributed by atoms with Crippen LogP contribution in [0.5, 0.6) is 0 Å². The smallest absolute Gasteiger partial charge is 0.329 e. The van der Waals surface area contributed by atoms with E-state index >= 15 is 0 Å². The topological polar surface area (TPSA) is 66.4 Å². The van der Waals surface area contributed by atoms with E-state index in [-0.39, 0.29) is 5.91 Å². The fourth-order valence-electron chi connectivity index (χ4n) is 3.03. The number of hydrogen-bond acceptors (Lipinski definition) is 2. The zero-order valence-electron chi connectivity index (χ0n) is 12.7. The molecule has 114 valence electrons. The molecule has 1 amide bonds. The van der Waals surface area contributed by atoms with E-state index in [0.717, 1.165) is 24.8 Å². The first-order valence-corrected chi connectivity index (χ1v) is 7.56. The zero-order chi connectivity index (χ0) is 15.5. The van der Waals surface area contributed by atoms with Crippen LogP contribution in [-0.2, 0) is 15.0 Å². The molecule has 1 aliphatic rings. The summed E-state index contributed by atoms with van der Waals surface area (Å²) in [6.45, 7) is 3.51. The van der Waals surface area contributed by atoms with Gasteiger partial charge in [0.25, 0.3) is 0 Å². The molecule has 1 unspecified atom stereocenters. The highest BCUT2D eigenvalue weighted by Gasteiger charge is 2.48. The third-order valence-electron chi connectivity index (χ3n) is 4.58. The van der Waals surface area contributed by atoms with Gasteiger partial charge in [0.15, 0.2) is 0 Å². The van der Waals surface area contributed by atoms with Gasteiger partial charge in [0, 0.05) is 0 Å². The van der Waals surface area contributed by atoms with Crippen molar-refractivity contribution >= 4 is 11.9 Å². The quantitative estimate of drug-likeness (QED) is 0.846. The van der Waals surface area contributed by atoms with Gasteiger partial charge in [-0.15, -0.1) is 0 Å². The third kappa shape index (κ3) is 2.80. The summed E-state index contributed by atoms with van der Waals surface area (Å²) in [7, 11) is 0. The van der Waals surface area contributed by atoms with Gasteiger partial charge in [0.1, 0.15) is 5.54 Å². The molecule has 1 aromatic carbocycles. The van der Waals surface area contributed by atoms with Gasteiger partial charge >= 0.3 is 5.97 Å². The van der Waals surface area contributed by atoms with Crippen LogP contribution in [0.2, 0.25) is 0 Å². The molecule has 1 atom stereocenters. The van der Waals surface area contributed by atoms with E-state index in [9.17, 15) is 14.7 Å². The maximum Gasteiger partial charge on any atom is 0.329 e. The Kier molecular flexibility index (Phi) is 4.35. The van der Waals surface area contributed by atoms with Gasteiger partial charge in [-0.3, -0.25) is 4.79 Å². The third-order valence-corrected chi connectivity index (χ3v) is 4.58. The number of carbonyl (C=O) groups is 2. The minimum Gasteiger partial charge on any atom is -0.480 e. The maximum absolute atomic E-state index is 12.8. The number of benzene rings is 1. The second-order valence-electron chi connectivity index (χ2n) is 6.14. The Hall–Kier alpha value is -1.84. The summed E-state index contributed by atoms with van der Waals surface area (Å²) in [6, 6.07) is 9.68. The summed E-state index contributed by atoms with van der Waals surface area (Å²) >= 11 is 0. The van der Waals surface area contributed by atoms with Gasteiger partial charge < -0.3 is 10.4 Å². The van der Waals surface area contributed by atoms with E-state index in [0.29, 0.717) is 12.8 Å². The Morgan fingerprint density at radius 1 is 1.29 bits per heavy atom. The molecule has 2 N–H and O–H groups in total. The maximum atomic E-state index is 12.8. The molecule has 4 heteroatoms. The van der Waals surface area contributed by atoms with Crippen molar-refractivity contribution in [3.8, 4) is 0 Å². The van der Waals surface area contributed by atoms with Crippen molar-refractivity contribution in [3.63, 3.8) is 0 Å². The summed E-state index contributed by atoms with van der Waals surface area (Å²) in [6.07, 6.45) is 3.70. The number of aliphatic carboxylic acids is 1. The first-order chi connectivity index (χ1) is 9.94. The monoisotopic (exact) mass is 289 g/mol. The molecular weight excluding hydrogens is 266 g/mol. The van der Waals surface area contributed by atoms with Crippen molar-refractivity contribution < 1.29 is 14.7 Å². The molecule has 2 rings (SSSR count). The summed E-state index contributed by atoms with van der Waals surface area (Å²) in [5.74, 6) is -1.13. The molecule has 0 aromatic heterocycles. The van der Waals surface area contributed by atoms with Gasteiger partial charge in [-0.05, 0) is 31.7 Å². The first-order valence-electron chi connectivity index (χ1n) is 7.56. The Balaban J connectivity index is 2.24. The van der Waals surface area contributed by atoms with E-state index in [1.807, 2.05) is 37.3 Å². The number of hydrogen-bond donors (Lipinski definition) is 2. The highest BCUT2D eigenvalue weighted by Crippen LogP contribution is 2.44. The average Bonchev–Trinajstić information content (AvgIpc) is 2.38. The predicted octanol–water partition coefficient (Wildman–Crippen LogP) is 2.87. The predicted molar refractivity (Wildman–Crippen MR) is 81.1 cm³/mol. The van der Waals surface area contributed by atoms with E-state index in [1.165, 1.54) is 0 Å². The van der Waals surface area contributed by atoms with Crippen molar-refractivity contribution in [2.45, 2.75) is 56.9 Å². The van der Waals surface area contributed by atoms with Crippen LogP contribution >= 0.6 is 0 Å². The second-order valence-corrected chi connectivity index (χ2v) is 6.14. The van der Waals surface area contributed by atoms with E-state index in [4.69, 9.17) is 0 Å². The van der Waals surface area contributed by atoms with E-state index < -0.39 is 16.9 Å². The standard InChI is InChI=1S/C17H23NO3/c1-3-10-16(2,15(20)21)18-14(19)17(11-7-12-17)13-8-5-4-6-9-13/h4-6,8-9H,3,7,10-12H2,1-2H3,(H,18,19)(H,20,21). The number of carboxylic acid groups (broad SMARTS) is 1. The minimum absolute atomic E-state index is 0.154. The van der Waals surface area contributed by atoms with Crippen molar-refractivity contribution in [1.29, 1.82) is 0 Å². The first kappa shape index (κ1) is 15.5. The number of carboxylic acids is 1. The molecule has 0 heterocycles. The average molecular weight is 289 g/mol. The van der Waals surface area contributed by atoms with Crippen molar-refractivity contribution in [3.05, 3.63) is 35.9 Å². The van der Waals surface area contributed by atoms with Gasteiger partial charge in [-0.2, -0.15) is 0 Å². The lowest BCUT2D eigenvalue weighted by Gasteiger charge is -2.42. The van der Waals surface area contributed by atoms with Crippen molar-refractivity contribution in [1.82, 2.24) is 5.32 Å². The fourth-order valence-corrected chi connectivity index (χ4v) is 3.03. The zero-order valence-corrected chi connectivity index (χ0v) is 12.7. The summed E-state index contributed by atoms with van der Waals surface area (Å²) in [5.41, 5.74) is -0.757. The van der Waals surface area contributed by atoms with E-state index in [1.54, 1.807) is 6.92 Å². The lowest BCUT2D eigenvalue weighted by atomic mass is 9.63. The van der Waals surface area contributed by atoms with Crippen molar-refractivity contribution in [2.24, 2.45) is 0 Å². The van der Waals surface area contributed by atoms with Crippen molar-refractivity contribution in [2.75, 3.05) is 0 Å². The molecule has 1 saturated carbocycles. The van der Waals surface area contributed by atoms with E-state index in [2.05, 4.69) is 5.32 Å². The molecule has 1 aromatic rings. The van der Waals surface area contributed by atoms with Crippen LogP contribution < -0.4 is 5.32 Å². The van der Waals surface area contributed by atoms with Gasteiger partial charge in [-0.25, -0.2) is 4.79 Å². The summed E-state index contributed by atoms with van der Waals surface area (Å²) < 4.78 is 0. The lowest BCUT2D eigenvalue weighted by Crippen LogP contribution is -2.59.